The quantitative estimate of drug-likeness (QED) is 0.457. The van der Waals surface area contributed by atoms with E-state index in [9.17, 15) is 12.8 Å². The lowest BCUT2D eigenvalue weighted by atomic mass is 9.91. The Balaban J connectivity index is 1.67. The van der Waals surface area contributed by atoms with Crippen molar-refractivity contribution in [2.24, 2.45) is 10.1 Å². The molecule has 1 unspecified atom stereocenters. The summed E-state index contributed by atoms with van der Waals surface area (Å²) >= 11 is 6.04. The topological polar surface area (TPSA) is 74.1 Å². The van der Waals surface area contributed by atoms with Gasteiger partial charge in [-0.05, 0) is 47.5 Å². The molecule has 0 saturated heterocycles. The van der Waals surface area contributed by atoms with Crippen LogP contribution < -0.4 is 4.72 Å². The van der Waals surface area contributed by atoms with E-state index >= 15 is 0 Å². The van der Waals surface area contributed by atoms with E-state index in [1.165, 1.54) is 24.2 Å². The average Bonchev–Trinajstić information content (AvgIpc) is 3.24. The fourth-order valence-electron chi connectivity index (χ4n) is 3.47. The van der Waals surface area contributed by atoms with Crippen LogP contribution in [0.4, 0.5) is 4.39 Å². The van der Waals surface area contributed by atoms with Gasteiger partial charge in [0, 0.05) is 18.0 Å². The highest BCUT2D eigenvalue weighted by atomic mass is 35.5. The Kier molecular flexibility index (Phi) is 6.25. The number of nitrogens with one attached hydrogen (secondary N) is 1. The van der Waals surface area contributed by atoms with E-state index < -0.39 is 15.8 Å². The minimum Gasteiger partial charge on any atom is -0.254 e. The van der Waals surface area contributed by atoms with E-state index in [0.717, 1.165) is 29.0 Å². The Morgan fingerprint density at radius 1 is 1.06 bits per heavy atom. The van der Waals surface area contributed by atoms with Crippen molar-refractivity contribution in [3.63, 3.8) is 0 Å². The van der Waals surface area contributed by atoms with Crippen molar-refractivity contribution in [2.75, 3.05) is 13.6 Å². The van der Waals surface area contributed by atoms with Gasteiger partial charge in [0.15, 0.2) is 0 Å². The molecule has 1 atom stereocenters. The highest BCUT2D eigenvalue weighted by Gasteiger charge is 2.32. The summed E-state index contributed by atoms with van der Waals surface area (Å²) in [6.45, 7) is 0.389. The molecular weight excluding hydrogens is 451 g/mol. The first-order valence-electron chi connectivity index (χ1n) is 9.79. The predicted octanol–water partition coefficient (Wildman–Crippen LogP) is 4.25. The number of benzene rings is 3. The van der Waals surface area contributed by atoms with Crippen LogP contribution in [0.25, 0.3) is 0 Å². The van der Waals surface area contributed by atoms with E-state index in [0.29, 0.717) is 11.6 Å². The van der Waals surface area contributed by atoms with Gasteiger partial charge >= 0.3 is 0 Å². The fraction of sp³-hybridized carbons (Fsp3) is 0.130. The van der Waals surface area contributed by atoms with Crippen LogP contribution in [0.2, 0.25) is 5.02 Å². The molecule has 1 N–H and O–H groups in total. The fourth-order valence-corrected chi connectivity index (χ4v) is 4.64. The summed E-state index contributed by atoms with van der Waals surface area (Å²) in [5.41, 5.74) is 2.69. The first-order valence-corrected chi connectivity index (χ1v) is 11.7. The summed E-state index contributed by atoms with van der Waals surface area (Å²) in [6, 6.07) is 21.8. The number of hydrogen-bond donors (Lipinski definition) is 1. The Hall–Kier alpha value is -3.23. The second kappa shape index (κ2) is 9.10. The van der Waals surface area contributed by atoms with Gasteiger partial charge in [-0.1, -0.05) is 54.1 Å². The van der Waals surface area contributed by atoms with Gasteiger partial charge in [0.05, 0.1) is 17.2 Å². The Labute approximate surface area is 191 Å². The maximum Gasteiger partial charge on any atom is 0.264 e. The Morgan fingerprint density at radius 3 is 2.34 bits per heavy atom. The summed E-state index contributed by atoms with van der Waals surface area (Å²) in [5.74, 6) is -0.556. The molecule has 1 aliphatic rings. The van der Waals surface area contributed by atoms with Crippen molar-refractivity contribution < 1.29 is 12.8 Å². The van der Waals surface area contributed by atoms with E-state index in [1.54, 1.807) is 12.1 Å². The standard InChI is InChI=1S/C23H20ClFN4O2S/c1-26-23(28-32(30,31)20-13-11-19(25)12-14-20)29-15-21(16-5-3-2-4-6-16)22(27-29)17-7-9-18(24)10-8-17/h2-14,21H,15H2,1H3,(H,26,28). The zero-order valence-corrected chi connectivity index (χ0v) is 18.7. The third kappa shape index (κ3) is 4.66. The molecule has 3 aromatic rings. The lowest BCUT2D eigenvalue weighted by molar-refractivity contribution is 0.462. The molecule has 6 nitrogen and oxygen atoms in total. The summed E-state index contributed by atoms with van der Waals surface area (Å²) in [6.07, 6.45) is 0. The molecule has 0 radical (unpaired) electrons. The summed E-state index contributed by atoms with van der Waals surface area (Å²) in [4.78, 5) is 4.05. The normalized spacial score (nSPS) is 16.7. The van der Waals surface area contributed by atoms with Crippen molar-refractivity contribution in [3.8, 4) is 0 Å². The van der Waals surface area contributed by atoms with Crippen LogP contribution in [0.1, 0.15) is 17.0 Å². The Bertz CT molecular complexity index is 1260. The molecule has 0 aliphatic carbocycles. The van der Waals surface area contributed by atoms with E-state index in [1.807, 2.05) is 42.5 Å². The number of nitrogens with zero attached hydrogens (tertiary/aromatic N) is 3. The van der Waals surface area contributed by atoms with Crippen molar-refractivity contribution in [3.05, 3.63) is 101 Å². The number of guanidine groups is 1. The van der Waals surface area contributed by atoms with Crippen LogP contribution in [0.3, 0.4) is 0 Å². The largest absolute Gasteiger partial charge is 0.264 e. The molecule has 1 aliphatic heterocycles. The molecule has 0 aromatic heterocycles. The third-order valence-corrected chi connectivity index (χ3v) is 6.66. The molecule has 0 saturated carbocycles. The highest BCUT2D eigenvalue weighted by Crippen LogP contribution is 2.29. The van der Waals surface area contributed by atoms with Crippen LogP contribution in [0.15, 0.2) is 93.9 Å². The zero-order chi connectivity index (χ0) is 22.7. The second-order valence-corrected chi connectivity index (χ2v) is 9.26. The number of hydrogen-bond acceptors (Lipinski definition) is 4. The molecule has 32 heavy (non-hydrogen) atoms. The van der Waals surface area contributed by atoms with E-state index in [2.05, 4.69) is 9.71 Å². The van der Waals surface area contributed by atoms with Gasteiger partial charge in [0.1, 0.15) is 5.82 Å². The maximum absolute atomic E-state index is 13.2. The van der Waals surface area contributed by atoms with Crippen molar-refractivity contribution in [1.82, 2.24) is 9.73 Å². The predicted molar refractivity (Wildman–Crippen MR) is 124 cm³/mol. The number of rotatable bonds is 4. The first-order chi connectivity index (χ1) is 15.4. The molecule has 1 heterocycles. The van der Waals surface area contributed by atoms with Crippen LogP contribution >= 0.6 is 11.6 Å². The minimum absolute atomic E-state index is 0.0687. The van der Waals surface area contributed by atoms with Crippen molar-refractivity contribution in [2.45, 2.75) is 10.8 Å². The minimum atomic E-state index is -3.97. The van der Waals surface area contributed by atoms with Gasteiger partial charge in [-0.3, -0.25) is 4.99 Å². The van der Waals surface area contributed by atoms with Gasteiger partial charge in [-0.2, -0.15) is 5.10 Å². The molecule has 3 aromatic carbocycles. The van der Waals surface area contributed by atoms with Crippen molar-refractivity contribution in [1.29, 1.82) is 0 Å². The van der Waals surface area contributed by atoms with Gasteiger partial charge in [-0.25, -0.2) is 22.5 Å². The average molecular weight is 471 g/mol. The molecular formula is C23H20ClFN4O2S. The molecule has 4 rings (SSSR count). The molecule has 0 bridgehead atoms. The van der Waals surface area contributed by atoms with Crippen LogP contribution in [0, 0.1) is 5.82 Å². The zero-order valence-electron chi connectivity index (χ0n) is 17.1. The molecule has 0 spiro atoms. The number of sulfonamides is 1. The van der Waals surface area contributed by atoms with E-state index in [-0.39, 0.29) is 16.8 Å². The Morgan fingerprint density at radius 2 is 1.72 bits per heavy atom. The number of aliphatic imine (C=N–C) groups is 1. The SMILES string of the molecule is CN=C(NS(=O)(=O)c1ccc(F)cc1)N1CC(c2ccccc2)C(c2ccc(Cl)cc2)=N1. The number of halogens is 2. The summed E-state index contributed by atoms with van der Waals surface area (Å²) in [5, 5.41) is 6.84. The van der Waals surface area contributed by atoms with E-state index in [4.69, 9.17) is 16.7 Å². The third-order valence-electron chi connectivity index (χ3n) is 5.06. The monoisotopic (exact) mass is 470 g/mol. The van der Waals surface area contributed by atoms with Gasteiger partial charge in [-0.15, -0.1) is 0 Å². The molecule has 9 heteroatoms. The summed E-state index contributed by atoms with van der Waals surface area (Å²) in [7, 11) is -2.49. The molecule has 0 amide bonds. The molecule has 164 valence electrons. The van der Waals surface area contributed by atoms with Crippen molar-refractivity contribution >= 4 is 33.3 Å². The lowest BCUT2D eigenvalue weighted by Gasteiger charge is -2.19. The smallest absolute Gasteiger partial charge is 0.254 e. The van der Waals surface area contributed by atoms with Crippen LogP contribution in [-0.4, -0.2) is 38.7 Å². The first kappa shape index (κ1) is 22.0. The van der Waals surface area contributed by atoms with Gasteiger partial charge in [0.25, 0.3) is 10.0 Å². The summed E-state index contributed by atoms with van der Waals surface area (Å²) < 4.78 is 41.3. The van der Waals surface area contributed by atoms with Gasteiger partial charge in [0.2, 0.25) is 5.96 Å². The molecule has 0 fully saturated rings. The van der Waals surface area contributed by atoms with Crippen LogP contribution in [-0.2, 0) is 10.0 Å². The van der Waals surface area contributed by atoms with Gasteiger partial charge < -0.3 is 0 Å². The lowest BCUT2D eigenvalue weighted by Crippen LogP contribution is -2.41. The van der Waals surface area contributed by atoms with Crippen LogP contribution in [0.5, 0.6) is 0 Å². The number of hydrazone groups is 1. The maximum atomic E-state index is 13.2. The second-order valence-electron chi connectivity index (χ2n) is 7.14. The highest BCUT2D eigenvalue weighted by molar-refractivity contribution is 7.90.